The molecule has 0 bridgehead atoms. The summed E-state index contributed by atoms with van der Waals surface area (Å²) in [5, 5.41) is 0.333. The molecule has 0 atom stereocenters. The van der Waals surface area contributed by atoms with Gasteiger partial charge < -0.3 is 0 Å². The normalized spacial score (nSPS) is 11.0. The second-order valence-corrected chi connectivity index (χ2v) is 8.85. The molecule has 3 nitrogen and oxygen atoms in total. The number of hydrogen-bond acceptors (Lipinski definition) is 4. The van der Waals surface area contributed by atoms with Crippen molar-refractivity contribution in [3.05, 3.63) is 89.5 Å². The zero-order valence-electron chi connectivity index (χ0n) is 16.1. The Hall–Kier alpha value is -2.77. The fourth-order valence-electron chi connectivity index (χ4n) is 3.12. The Labute approximate surface area is 181 Å². The van der Waals surface area contributed by atoms with Crippen LogP contribution < -0.4 is 4.90 Å². The molecule has 4 aromatic rings. The first-order valence-electron chi connectivity index (χ1n) is 9.40. The largest absolute Gasteiger partial charge is 0.279 e. The Balaban J connectivity index is 1.81. The summed E-state index contributed by atoms with van der Waals surface area (Å²) in [5.41, 5.74) is 1.54. The minimum atomic E-state index is -0.735. The van der Waals surface area contributed by atoms with Gasteiger partial charge in [0.25, 0.3) is 5.91 Å². The number of anilines is 1. The van der Waals surface area contributed by atoms with Gasteiger partial charge in [0.05, 0.1) is 16.8 Å². The summed E-state index contributed by atoms with van der Waals surface area (Å²) >= 11 is 2.69. The molecule has 1 heterocycles. The van der Waals surface area contributed by atoms with Crippen molar-refractivity contribution in [1.82, 2.24) is 4.98 Å². The lowest BCUT2D eigenvalue weighted by Gasteiger charge is -2.21. The lowest BCUT2D eigenvalue weighted by atomic mass is 10.1. The number of carbonyl (C=O) groups is 1. The van der Waals surface area contributed by atoms with Gasteiger partial charge in [-0.15, -0.1) is 11.8 Å². The maximum absolute atomic E-state index is 14.2. The summed E-state index contributed by atoms with van der Waals surface area (Å²) in [5.74, 6) is -0.799. The molecule has 1 amide bonds. The molecule has 0 N–H and O–H groups in total. The van der Waals surface area contributed by atoms with Crippen molar-refractivity contribution in [3.8, 4) is 0 Å². The first kappa shape index (κ1) is 20.5. The summed E-state index contributed by atoms with van der Waals surface area (Å²) in [7, 11) is 0. The summed E-state index contributed by atoms with van der Waals surface area (Å²) in [4.78, 5) is 20.3. The minimum absolute atomic E-state index is 0.0680. The van der Waals surface area contributed by atoms with E-state index >= 15 is 0 Å². The molecular weight excluding hydrogens is 422 g/mol. The fraction of sp³-hybridized carbons (Fsp3) is 0.130. The third kappa shape index (κ3) is 4.22. The molecule has 3 aromatic carbocycles. The van der Waals surface area contributed by atoms with Gasteiger partial charge in [-0.1, -0.05) is 60.7 Å². The van der Waals surface area contributed by atoms with E-state index in [2.05, 4.69) is 4.98 Å². The summed E-state index contributed by atoms with van der Waals surface area (Å²) < 4.78 is 28.3. The molecule has 1 aromatic heterocycles. The topological polar surface area (TPSA) is 33.2 Å². The standard InChI is InChI=1S/C23H18F2N2OS2/c1-2-29-19-11-7-6-10-17(19)22(28)27(14-15-8-4-3-5-9-15)23-26-21-18(25)12-16(24)13-20(21)30-23/h3-13H,2,14H2,1H3. The number of benzene rings is 3. The maximum atomic E-state index is 14.2. The van der Waals surface area contributed by atoms with E-state index in [9.17, 15) is 13.6 Å². The molecular formula is C23H18F2N2OS2. The predicted octanol–water partition coefficient (Wildman–Crippen LogP) is 6.53. The zero-order valence-corrected chi connectivity index (χ0v) is 17.8. The van der Waals surface area contributed by atoms with E-state index in [1.807, 2.05) is 55.5 Å². The summed E-state index contributed by atoms with van der Waals surface area (Å²) in [6.07, 6.45) is 0. The lowest BCUT2D eigenvalue weighted by Crippen LogP contribution is -2.30. The molecule has 0 aliphatic carbocycles. The van der Waals surface area contributed by atoms with Gasteiger partial charge in [-0.25, -0.2) is 13.8 Å². The van der Waals surface area contributed by atoms with E-state index < -0.39 is 11.6 Å². The van der Waals surface area contributed by atoms with Crippen LogP contribution in [0.1, 0.15) is 22.8 Å². The van der Waals surface area contributed by atoms with Gasteiger partial charge in [0.15, 0.2) is 10.9 Å². The molecule has 0 radical (unpaired) electrons. The monoisotopic (exact) mass is 440 g/mol. The van der Waals surface area contributed by atoms with E-state index in [1.54, 1.807) is 17.8 Å². The van der Waals surface area contributed by atoms with E-state index in [0.717, 1.165) is 33.6 Å². The third-order valence-corrected chi connectivity index (χ3v) is 6.46. The number of thioether (sulfide) groups is 1. The van der Waals surface area contributed by atoms with Gasteiger partial charge >= 0.3 is 0 Å². The Morgan fingerprint density at radius 3 is 2.57 bits per heavy atom. The Kier molecular flexibility index (Phi) is 6.11. The van der Waals surface area contributed by atoms with Crippen molar-refractivity contribution in [2.45, 2.75) is 18.4 Å². The van der Waals surface area contributed by atoms with Gasteiger partial charge in [0, 0.05) is 11.0 Å². The quantitative estimate of drug-likeness (QED) is 0.320. The van der Waals surface area contributed by atoms with E-state index in [1.165, 1.54) is 11.0 Å². The zero-order chi connectivity index (χ0) is 21.1. The number of aromatic nitrogens is 1. The molecule has 0 spiro atoms. The molecule has 7 heteroatoms. The van der Waals surface area contributed by atoms with Gasteiger partial charge in [0.1, 0.15) is 11.3 Å². The van der Waals surface area contributed by atoms with Gasteiger partial charge in [-0.2, -0.15) is 0 Å². The van der Waals surface area contributed by atoms with Crippen LogP contribution in [-0.2, 0) is 6.54 Å². The number of hydrogen-bond donors (Lipinski definition) is 0. The van der Waals surface area contributed by atoms with E-state index in [0.29, 0.717) is 15.4 Å². The number of fused-ring (bicyclic) bond motifs is 1. The van der Waals surface area contributed by atoms with Crippen LogP contribution >= 0.6 is 23.1 Å². The minimum Gasteiger partial charge on any atom is -0.279 e. The van der Waals surface area contributed by atoms with Crippen LogP contribution in [0.3, 0.4) is 0 Å². The van der Waals surface area contributed by atoms with Crippen molar-refractivity contribution in [2.75, 3.05) is 10.7 Å². The maximum Gasteiger partial charge on any atom is 0.261 e. The Bertz CT molecular complexity index is 1190. The number of rotatable bonds is 6. The van der Waals surface area contributed by atoms with E-state index in [4.69, 9.17) is 0 Å². The second-order valence-electron chi connectivity index (χ2n) is 6.54. The van der Waals surface area contributed by atoms with Crippen molar-refractivity contribution in [2.24, 2.45) is 0 Å². The van der Waals surface area contributed by atoms with Crippen molar-refractivity contribution >= 4 is 44.4 Å². The molecule has 0 aliphatic heterocycles. The highest BCUT2D eigenvalue weighted by atomic mass is 32.2. The van der Waals surface area contributed by atoms with Crippen LogP contribution in [0.4, 0.5) is 13.9 Å². The molecule has 0 saturated carbocycles. The molecule has 4 rings (SSSR count). The van der Waals surface area contributed by atoms with Gasteiger partial charge in [-0.05, 0) is 29.5 Å². The lowest BCUT2D eigenvalue weighted by molar-refractivity contribution is 0.0982. The summed E-state index contributed by atoms with van der Waals surface area (Å²) in [6.45, 7) is 2.30. The molecule has 30 heavy (non-hydrogen) atoms. The molecule has 0 saturated heterocycles. The average molecular weight is 441 g/mol. The Morgan fingerprint density at radius 2 is 1.80 bits per heavy atom. The number of carbonyl (C=O) groups excluding carboxylic acids is 1. The van der Waals surface area contributed by atoms with Gasteiger partial charge in [-0.3, -0.25) is 9.69 Å². The van der Waals surface area contributed by atoms with Crippen molar-refractivity contribution in [3.63, 3.8) is 0 Å². The van der Waals surface area contributed by atoms with Crippen LogP contribution in [0.15, 0.2) is 71.6 Å². The van der Waals surface area contributed by atoms with Crippen molar-refractivity contribution in [1.29, 1.82) is 0 Å². The highest BCUT2D eigenvalue weighted by molar-refractivity contribution is 7.99. The third-order valence-electron chi connectivity index (χ3n) is 4.48. The SMILES string of the molecule is CCSc1ccccc1C(=O)N(Cc1ccccc1)c1nc2c(F)cc(F)cc2s1. The Morgan fingerprint density at radius 1 is 1.07 bits per heavy atom. The highest BCUT2D eigenvalue weighted by Gasteiger charge is 2.24. The van der Waals surface area contributed by atoms with Crippen LogP contribution in [-0.4, -0.2) is 16.6 Å². The van der Waals surface area contributed by atoms with Crippen LogP contribution in [0.25, 0.3) is 10.2 Å². The fourth-order valence-corrected chi connectivity index (χ4v) is 4.92. The van der Waals surface area contributed by atoms with Crippen LogP contribution in [0.2, 0.25) is 0 Å². The molecule has 152 valence electrons. The predicted molar refractivity (Wildman–Crippen MR) is 119 cm³/mol. The smallest absolute Gasteiger partial charge is 0.261 e. The molecule has 0 aliphatic rings. The average Bonchev–Trinajstić information content (AvgIpc) is 3.17. The van der Waals surface area contributed by atoms with E-state index in [-0.39, 0.29) is 18.0 Å². The van der Waals surface area contributed by atoms with Gasteiger partial charge in [0.2, 0.25) is 0 Å². The highest BCUT2D eigenvalue weighted by Crippen LogP contribution is 2.34. The number of halogens is 2. The number of thiazole rings is 1. The molecule has 0 fully saturated rings. The first-order chi connectivity index (χ1) is 14.6. The summed E-state index contributed by atoms with van der Waals surface area (Å²) in [6, 6.07) is 19.0. The van der Waals surface area contributed by atoms with Crippen LogP contribution in [0, 0.1) is 11.6 Å². The molecule has 0 unspecified atom stereocenters. The number of amides is 1. The second kappa shape index (κ2) is 8.93. The van der Waals surface area contributed by atoms with Crippen LogP contribution in [0.5, 0.6) is 0 Å². The number of nitrogens with zero attached hydrogens (tertiary/aromatic N) is 2. The first-order valence-corrected chi connectivity index (χ1v) is 11.2. The van der Waals surface area contributed by atoms with Crippen molar-refractivity contribution < 1.29 is 13.6 Å².